The van der Waals surface area contributed by atoms with E-state index in [2.05, 4.69) is 17.0 Å². The molecular formula is C15H23N3O. The number of likely N-dealkylation sites (tertiary alicyclic amines) is 1. The molecule has 0 aromatic heterocycles. The molecule has 4 N–H and O–H groups in total. The first kappa shape index (κ1) is 14.0. The molecule has 1 aliphatic heterocycles. The Morgan fingerprint density at radius 3 is 2.74 bits per heavy atom. The Labute approximate surface area is 114 Å². The van der Waals surface area contributed by atoms with Crippen molar-refractivity contribution in [1.29, 1.82) is 5.41 Å². The minimum Gasteiger partial charge on any atom is -0.395 e. The minimum absolute atomic E-state index is 0.108. The summed E-state index contributed by atoms with van der Waals surface area (Å²) in [5, 5.41) is 17.2. The van der Waals surface area contributed by atoms with Crippen molar-refractivity contribution in [3.63, 3.8) is 0 Å². The second-order valence-corrected chi connectivity index (χ2v) is 5.23. The molecule has 0 radical (unpaired) electrons. The fraction of sp³-hybridized carbons (Fsp3) is 0.533. The average molecular weight is 261 g/mol. The Kier molecular flexibility index (Phi) is 4.93. The fourth-order valence-electron chi connectivity index (χ4n) is 2.94. The molecule has 19 heavy (non-hydrogen) atoms. The van der Waals surface area contributed by atoms with Gasteiger partial charge in [0, 0.05) is 18.5 Å². The van der Waals surface area contributed by atoms with Gasteiger partial charge in [-0.3, -0.25) is 10.3 Å². The summed E-state index contributed by atoms with van der Waals surface area (Å²) < 4.78 is 0. The highest BCUT2D eigenvalue weighted by Gasteiger charge is 2.29. The highest BCUT2D eigenvalue weighted by molar-refractivity contribution is 5.77. The van der Waals surface area contributed by atoms with E-state index in [1.807, 2.05) is 18.2 Å². The summed E-state index contributed by atoms with van der Waals surface area (Å²) in [5.41, 5.74) is 6.80. The molecule has 0 amide bonds. The van der Waals surface area contributed by atoms with E-state index in [4.69, 9.17) is 11.1 Å². The maximum Gasteiger partial charge on any atom is 0.0924 e. The van der Waals surface area contributed by atoms with Crippen LogP contribution in [0.3, 0.4) is 0 Å². The predicted octanol–water partition coefficient (Wildman–Crippen LogP) is 1.90. The number of nitrogens with one attached hydrogen (secondary N) is 1. The third-order valence-corrected chi connectivity index (χ3v) is 3.88. The van der Waals surface area contributed by atoms with Gasteiger partial charge < -0.3 is 10.8 Å². The van der Waals surface area contributed by atoms with Crippen molar-refractivity contribution >= 4 is 5.84 Å². The van der Waals surface area contributed by atoms with E-state index in [0.717, 1.165) is 19.4 Å². The predicted molar refractivity (Wildman–Crippen MR) is 77.1 cm³/mol. The van der Waals surface area contributed by atoms with Crippen LogP contribution in [0.4, 0.5) is 0 Å². The third-order valence-electron chi connectivity index (χ3n) is 3.88. The number of aliphatic hydroxyl groups is 1. The number of nitrogens with two attached hydrogens (primary N) is 1. The maximum absolute atomic E-state index is 9.56. The first-order valence-corrected chi connectivity index (χ1v) is 6.97. The lowest BCUT2D eigenvalue weighted by molar-refractivity contribution is 0.0545. The van der Waals surface area contributed by atoms with Gasteiger partial charge in [0.2, 0.25) is 0 Å². The second kappa shape index (κ2) is 6.68. The molecule has 1 aromatic rings. The van der Waals surface area contributed by atoms with E-state index in [-0.39, 0.29) is 24.5 Å². The minimum atomic E-state index is 0.108. The first-order chi connectivity index (χ1) is 9.22. The normalized spacial score (nSPS) is 22.1. The molecule has 2 atom stereocenters. The quantitative estimate of drug-likeness (QED) is 0.560. The summed E-state index contributed by atoms with van der Waals surface area (Å²) in [7, 11) is 0. The van der Waals surface area contributed by atoms with E-state index in [1.165, 1.54) is 12.0 Å². The largest absolute Gasteiger partial charge is 0.395 e. The Morgan fingerprint density at radius 1 is 1.37 bits per heavy atom. The van der Waals surface area contributed by atoms with Crippen molar-refractivity contribution in [2.45, 2.75) is 37.8 Å². The van der Waals surface area contributed by atoms with Crippen LogP contribution < -0.4 is 5.73 Å². The van der Waals surface area contributed by atoms with Crippen molar-refractivity contribution in [2.75, 3.05) is 13.2 Å². The van der Waals surface area contributed by atoms with Gasteiger partial charge in [-0.05, 0) is 24.9 Å². The summed E-state index contributed by atoms with van der Waals surface area (Å²) in [6.07, 6.45) is 3.87. The summed E-state index contributed by atoms with van der Waals surface area (Å²) in [6.45, 7) is 1.15. The van der Waals surface area contributed by atoms with E-state index in [0.29, 0.717) is 6.42 Å². The van der Waals surface area contributed by atoms with E-state index in [1.54, 1.807) is 0 Å². The van der Waals surface area contributed by atoms with Crippen molar-refractivity contribution in [3.8, 4) is 0 Å². The highest BCUT2D eigenvalue weighted by atomic mass is 16.3. The SMILES string of the molecule is N=C(N)CC(c1ccccc1)N1CCCCC1CO. The molecule has 0 spiro atoms. The van der Waals surface area contributed by atoms with Crippen molar-refractivity contribution in [3.05, 3.63) is 35.9 Å². The van der Waals surface area contributed by atoms with Gasteiger partial charge in [-0.1, -0.05) is 36.8 Å². The molecule has 2 unspecified atom stereocenters. The second-order valence-electron chi connectivity index (χ2n) is 5.23. The average Bonchev–Trinajstić information content (AvgIpc) is 2.45. The zero-order valence-corrected chi connectivity index (χ0v) is 11.3. The number of nitrogens with zero attached hydrogens (tertiary/aromatic N) is 1. The fourth-order valence-corrected chi connectivity index (χ4v) is 2.94. The molecule has 0 bridgehead atoms. The number of benzene rings is 1. The monoisotopic (exact) mass is 261 g/mol. The number of piperidine rings is 1. The molecule has 1 aromatic carbocycles. The Balaban J connectivity index is 2.23. The lowest BCUT2D eigenvalue weighted by atomic mass is 9.94. The molecule has 0 saturated carbocycles. The topological polar surface area (TPSA) is 73.3 Å². The van der Waals surface area contributed by atoms with E-state index in [9.17, 15) is 5.11 Å². The maximum atomic E-state index is 9.56. The third kappa shape index (κ3) is 3.55. The van der Waals surface area contributed by atoms with Gasteiger partial charge in [-0.2, -0.15) is 0 Å². The molecule has 4 heteroatoms. The Hall–Kier alpha value is -1.39. The van der Waals surface area contributed by atoms with Gasteiger partial charge in [-0.25, -0.2) is 0 Å². The van der Waals surface area contributed by atoms with Crippen LogP contribution in [0.1, 0.15) is 37.3 Å². The molecule has 4 nitrogen and oxygen atoms in total. The van der Waals surface area contributed by atoms with E-state index < -0.39 is 0 Å². The van der Waals surface area contributed by atoms with Gasteiger partial charge in [0.15, 0.2) is 0 Å². The van der Waals surface area contributed by atoms with Gasteiger partial charge >= 0.3 is 0 Å². The number of hydrogen-bond donors (Lipinski definition) is 3. The molecule has 1 fully saturated rings. The number of amidine groups is 1. The van der Waals surface area contributed by atoms with Crippen LogP contribution in [-0.2, 0) is 0 Å². The summed E-state index contributed by atoms with van der Waals surface area (Å²) >= 11 is 0. The lowest BCUT2D eigenvalue weighted by Crippen LogP contribution is -2.45. The van der Waals surface area contributed by atoms with Crippen LogP contribution in [-0.4, -0.2) is 35.0 Å². The molecule has 1 saturated heterocycles. The Bertz CT molecular complexity index is 407. The van der Waals surface area contributed by atoms with E-state index >= 15 is 0 Å². The van der Waals surface area contributed by atoms with Crippen LogP contribution in [0.5, 0.6) is 0 Å². The summed E-state index contributed by atoms with van der Waals surface area (Å²) in [6, 6.07) is 10.5. The summed E-state index contributed by atoms with van der Waals surface area (Å²) in [5.74, 6) is 0.205. The number of aliphatic hydroxyl groups excluding tert-OH is 1. The highest BCUT2D eigenvalue weighted by Crippen LogP contribution is 2.30. The van der Waals surface area contributed by atoms with Gasteiger partial charge in [0.05, 0.1) is 12.4 Å². The van der Waals surface area contributed by atoms with Crippen LogP contribution in [0.2, 0.25) is 0 Å². The first-order valence-electron chi connectivity index (χ1n) is 6.97. The number of rotatable bonds is 5. The van der Waals surface area contributed by atoms with Gasteiger partial charge in [0.1, 0.15) is 0 Å². The number of hydrogen-bond acceptors (Lipinski definition) is 3. The van der Waals surface area contributed by atoms with Crippen LogP contribution in [0.25, 0.3) is 0 Å². The van der Waals surface area contributed by atoms with Gasteiger partial charge in [0.25, 0.3) is 0 Å². The van der Waals surface area contributed by atoms with Crippen molar-refractivity contribution < 1.29 is 5.11 Å². The molecule has 2 rings (SSSR count). The van der Waals surface area contributed by atoms with Crippen LogP contribution >= 0.6 is 0 Å². The van der Waals surface area contributed by atoms with Crippen molar-refractivity contribution in [2.24, 2.45) is 5.73 Å². The Morgan fingerprint density at radius 2 is 2.11 bits per heavy atom. The zero-order chi connectivity index (χ0) is 13.7. The molecule has 1 heterocycles. The smallest absolute Gasteiger partial charge is 0.0924 e. The van der Waals surface area contributed by atoms with Gasteiger partial charge in [-0.15, -0.1) is 0 Å². The van der Waals surface area contributed by atoms with Crippen molar-refractivity contribution in [1.82, 2.24) is 4.90 Å². The molecule has 104 valence electrons. The molecular weight excluding hydrogens is 238 g/mol. The van der Waals surface area contributed by atoms with Crippen LogP contribution in [0, 0.1) is 5.41 Å². The lowest BCUT2D eigenvalue weighted by Gasteiger charge is -2.40. The molecule has 1 aliphatic rings. The standard InChI is InChI=1S/C15H23N3O/c16-15(17)10-14(12-6-2-1-3-7-12)18-9-5-4-8-13(18)11-19/h1-3,6-7,13-14,19H,4-5,8-11H2,(H3,16,17). The zero-order valence-electron chi connectivity index (χ0n) is 11.3. The molecule has 0 aliphatic carbocycles. The summed E-state index contributed by atoms with van der Waals surface area (Å²) in [4.78, 5) is 2.32. The van der Waals surface area contributed by atoms with Crippen LogP contribution in [0.15, 0.2) is 30.3 Å².